The number of aromatic hydroxyl groups is 1. The van der Waals surface area contributed by atoms with Crippen LogP contribution >= 0.6 is 0 Å². The highest BCUT2D eigenvalue weighted by atomic mass is 16.5. The van der Waals surface area contributed by atoms with Gasteiger partial charge in [-0.2, -0.15) is 0 Å². The number of methoxy groups -OCH3 is 2. The van der Waals surface area contributed by atoms with Crippen molar-refractivity contribution in [2.24, 2.45) is 0 Å². The molecule has 0 unspecified atom stereocenters. The third kappa shape index (κ3) is 5.35. The minimum absolute atomic E-state index is 0.0139. The number of allylic oxidation sites excluding steroid dienone is 2. The molecule has 0 atom stereocenters. The van der Waals surface area contributed by atoms with E-state index in [0.29, 0.717) is 11.3 Å². The van der Waals surface area contributed by atoms with Crippen LogP contribution in [-0.4, -0.2) is 30.9 Å². The van der Waals surface area contributed by atoms with Crippen molar-refractivity contribution in [1.82, 2.24) is 0 Å². The van der Waals surface area contributed by atoms with Gasteiger partial charge < -0.3 is 14.6 Å². The van der Waals surface area contributed by atoms with Crippen LogP contribution in [0.3, 0.4) is 0 Å². The quantitative estimate of drug-likeness (QED) is 0.432. The van der Waals surface area contributed by atoms with E-state index in [1.807, 2.05) is 36.4 Å². The molecule has 0 aliphatic rings. The lowest BCUT2D eigenvalue weighted by Crippen LogP contribution is -2.01. The van der Waals surface area contributed by atoms with Crippen LogP contribution in [0.4, 0.5) is 0 Å². The second-order valence-corrected chi connectivity index (χ2v) is 6.68. The predicted octanol–water partition coefficient (Wildman–Crippen LogP) is 4.82. The van der Waals surface area contributed by atoms with Crippen LogP contribution in [0.5, 0.6) is 17.2 Å². The van der Waals surface area contributed by atoms with E-state index in [2.05, 4.69) is 0 Å². The van der Waals surface area contributed by atoms with Gasteiger partial charge in [0, 0.05) is 0 Å². The molecule has 0 aliphatic heterocycles. The van der Waals surface area contributed by atoms with Crippen LogP contribution in [0.1, 0.15) is 17.5 Å². The summed E-state index contributed by atoms with van der Waals surface area (Å²) in [7, 11) is 3.09. The molecule has 5 nitrogen and oxygen atoms in total. The smallest absolute Gasteiger partial charge is 0.163 e. The largest absolute Gasteiger partial charge is 0.504 e. The van der Waals surface area contributed by atoms with E-state index in [-0.39, 0.29) is 23.7 Å². The zero-order valence-electron chi connectivity index (χ0n) is 16.8. The number of hydrogen-bond acceptors (Lipinski definition) is 5. The van der Waals surface area contributed by atoms with E-state index in [4.69, 9.17) is 9.47 Å². The molecule has 0 amide bonds. The molecular formula is C25H22O5. The Kier molecular flexibility index (Phi) is 6.65. The number of ketones is 2. The van der Waals surface area contributed by atoms with E-state index in [1.54, 1.807) is 31.4 Å². The average molecular weight is 402 g/mol. The summed E-state index contributed by atoms with van der Waals surface area (Å²) in [5.74, 6) is 0.534. The van der Waals surface area contributed by atoms with Crippen LogP contribution < -0.4 is 9.47 Å². The molecule has 5 heteroatoms. The Hall–Kier alpha value is -3.86. The highest BCUT2D eigenvalue weighted by Crippen LogP contribution is 2.26. The summed E-state index contributed by atoms with van der Waals surface area (Å²) in [6.45, 7) is 0. The van der Waals surface area contributed by atoms with E-state index >= 15 is 0 Å². The molecule has 3 rings (SSSR count). The fraction of sp³-hybridized carbons (Fsp3) is 0.120. The first-order chi connectivity index (χ1) is 14.5. The number of rotatable bonds is 8. The number of phenols is 1. The van der Waals surface area contributed by atoms with E-state index < -0.39 is 0 Å². The van der Waals surface area contributed by atoms with E-state index in [1.165, 1.54) is 25.3 Å². The van der Waals surface area contributed by atoms with Crippen molar-refractivity contribution in [3.8, 4) is 17.2 Å². The molecule has 0 aliphatic carbocycles. The Morgan fingerprint density at radius 1 is 0.800 bits per heavy atom. The van der Waals surface area contributed by atoms with Gasteiger partial charge in [0.25, 0.3) is 0 Å². The summed E-state index contributed by atoms with van der Waals surface area (Å²) >= 11 is 0. The number of fused-ring (bicyclic) bond motifs is 1. The van der Waals surface area contributed by atoms with Gasteiger partial charge in [-0.15, -0.1) is 0 Å². The Morgan fingerprint density at radius 3 is 2.03 bits per heavy atom. The van der Waals surface area contributed by atoms with Gasteiger partial charge in [0.05, 0.1) is 20.6 Å². The Bertz CT molecular complexity index is 1140. The molecule has 0 saturated heterocycles. The van der Waals surface area contributed by atoms with Gasteiger partial charge >= 0.3 is 0 Å². The van der Waals surface area contributed by atoms with Crippen molar-refractivity contribution >= 4 is 34.5 Å². The maximum Gasteiger partial charge on any atom is 0.163 e. The molecular weight excluding hydrogens is 380 g/mol. The first-order valence-electron chi connectivity index (χ1n) is 9.35. The van der Waals surface area contributed by atoms with E-state index in [9.17, 15) is 14.7 Å². The van der Waals surface area contributed by atoms with Crippen LogP contribution in [-0.2, 0) is 9.59 Å². The van der Waals surface area contributed by atoms with E-state index in [0.717, 1.165) is 22.1 Å². The zero-order chi connectivity index (χ0) is 21.5. The fourth-order valence-corrected chi connectivity index (χ4v) is 2.95. The first kappa shape index (κ1) is 20.9. The Labute approximate surface area is 174 Å². The molecule has 1 N–H and O–H groups in total. The molecule has 3 aromatic carbocycles. The molecule has 152 valence electrons. The van der Waals surface area contributed by atoms with Crippen molar-refractivity contribution < 1.29 is 24.2 Å². The zero-order valence-corrected chi connectivity index (χ0v) is 16.8. The van der Waals surface area contributed by atoms with Crippen molar-refractivity contribution in [3.05, 3.63) is 77.9 Å². The summed E-state index contributed by atoms with van der Waals surface area (Å²) in [6, 6.07) is 16.4. The first-order valence-corrected chi connectivity index (χ1v) is 9.35. The van der Waals surface area contributed by atoms with Crippen LogP contribution in [0.15, 0.2) is 66.7 Å². The number of benzene rings is 3. The van der Waals surface area contributed by atoms with Crippen LogP contribution in [0.2, 0.25) is 0 Å². The SMILES string of the molecule is COc1ccc2cc(/C=C/C(=O)CC(=O)/C=C/c3ccc(OC)c(O)c3)ccc2c1. The molecule has 0 bridgehead atoms. The van der Waals surface area contributed by atoms with Gasteiger partial charge in [0.15, 0.2) is 23.1 Å². The number of phenolic OH excluding ortho intramolecular Hbond substituents is 1. The lowest BCUT2D eigenvalue weighted by molar-refractivity contribution is -0.121. The van der Waals surface area contributed by atoms with Crippen molar-refractivity contribution in [2.45, 2.75) is 6.42 Å². The molecule has 0 radical (unpaired) electrons. The lowest BCUT2D eigenvalue weighted by atomic mass is 10.1. The average Bonchev–Trinajstić information content (AvgIpc) is 2.75. The standard InChI is InChI=1S/C25H22O5/c1-29-23-11-8-19-13-17(3-7-20(19)15-23)4-9-21(26)16-22(27)10-5-18-6-12-25(30-2)24(28)14-18/h3-15,28H,16H2,1-2H3/b9-4+,10-5+. The maximum absolute atomic E-state index is 12.1. The number of hydrogen-bond donors (Lipinski definition) is 1. The summed E-state index contributed by atoms with van der Waals surface area (Å²) in [5, 5.41) is 11.8. The monoisotopic (exact) mass is 402 g/mol. The highest BCUT2D eigenvalue weighted by Gasteiger charge is 2.05. The third-order valence-electron chi connectivity index (χ3n) is 4.55. The van der Waals surface area contributed by atoms with Gasteiger partial charge in [0.2, 0.25) is 0 Å². The second kappa shape index (κ2) is 9.56. The van der Waals surface area contributed by atoms with Crippen molar-refractivity contribution in [1.29, 1.82) is 0 Å². The van der Waals surface area contributed by atoms with Gasteiger partial charge in [-0.05, 0) is 64.4 Å². The minimum Gasteiger partial charge on any atom is -0.504 e. The number of ether oxygens (including phenoxy) is 2. The molecule has 0 fully saturated rings. The second-order valence-electron chi connectivity index (χ2n) is 6.68. The summed E-state index contributed by atoms with van der Waals surface area (Å²) in [4.78, 5) is 24.1. The van der Waals surface area contributed by atoms with Crippen LogP contribution in [0.25, 0.3) is 22.9 Å². The van der Waals surface area contributed by atoms with Crippen molar-refractivity contribution in [2.75, 3.05) is 14.2 Å². The fourth-order valence-electron chi connectivity index (χ4n) is 2.95. The number of carbonyl (C=O) groups excluding carboxylic acids is 2. The molecule has 0 aromatic heterocycles. The van der Waals surface area contributed by atoms with Gasteiger partial charge in [-0.1, -0.05) is 36.4 Å². The van der Waals surface area contributed by atoms with Gasteiger partial charge in [-0.25, -0.2) is 0 Å². The van der Waals surface area contributed by atoms with Gasteiger partial charge in [-0.3, -0.25) is 9.59 Å². The molecule has 30 heavy (non-hydrogen) atoms. The topological polar surface area (TPSA) is 72.8 Å². The van der Waals surface area contributed by atoms with Crippen molar-refractivity contribution in [3.63, 3.8) is 0 Å². The maximum atomic E-state index is 12.1. The summed E-state index contributed by atoms with van der Waals surface area (Å²) in [5.41, 5.74) is 1.51. The molecule has 0 heterocycles. The Balaban J connectivity index is 1.60. The molecule has 3 aromatic rings. The molecule has 0 saturated carbocycles. The third-order valence-corrected chi connectivity index (χ3v) is 4.55. The number of carbonyl (C=O) groups is 2. The minimum atomic E-state index is -0.314. The molecule has 0 spiro atoms. The van der Waals surface area contributed by atoms with Crippen LogP contribution in [0, 0.1) is 0 Å². The predicted molar refractivity (Wildman–Crippen MR) is 118 cm³/mol. The lowest BCUT2D eigenvalue weighted by Gasteiger charge is -2.03. The normalized spacial score (nSPS) is 11.3. The highest BCUT2D eigenvalue weighted by molar-refractivity contribution is 6.11. The Morgan fingerprint density at radius 2 is 1.40 bits per heavy atom. The van der Waals surface area contributed by atoms with Gasteiger partial charge in [0.1, 0.15) is 5.75 Å². The summed E-state index contributed by atoms with van der Waals surface area (Å²) in [6.07, 6.45) is 5.77. The summed E-state index contributed by atoms with van der Waals surface area (Å²) < 4.78 is 10.2.